The van der Waals surface area contributed by atoms with E-state index in [4.69, 9.17) is 9.05 Å². The summed E-state index contributed by atoms with van der Waals surface area (Å²) in [7, 11) is -3.38. The van der Waals surface area contributed by atoms with Crippen LogP contribution in [-0.2, 0) is 13.6 Å². The van der Waals surface area contributed by atoms with Crippen LogP contribution in [0.2, 0.25) is 0 Å². The molecule has 1 aromatic heterocycles. The standard InChI is InChI=1S/C21H24O3P2S/c1-3-23-26(22,24-4-2)18-25(21-16-11-17-27-21,19-12-7-5-8-13-19)20-14-9-6-10-15-20/h5-18H,3-4H2,1-2H3. The van der Waals surface area contributed by atoms with Gasteiger partial charge in [0.1, 0.15) is 0 Å². The van der Waals surface area contributed by atoms with Crippen molar-refractivity contribution in [2.75, 3.05) is 13.2 Å². The molecule has 0 radical (unpaired) electrons. The van der Waals surface area contributed by atoms with Gasteiger partial charge in [0, 0.05) is 10.2 Å². The van der Waals surface area contributed by atoms with Gasteiger partial charge in [0.2, 0.25) is 0 Å². The molecule has 27 heavy (non-hydrogen) atoms. The van der Waals surface area contributed by atoms with Crippen LogP contribution < -0.4 is 15.2 Å². The van der Waals surface area contributed by atoms with E-state index in [0.29, 0.717) is 13.2 Å². The number of benzene rings is 2. The molecule has 0 atom stereocenters. The Hall–Kier alpha value is -1.41. The molecule has 2 aromatic carbocycles. The summed E-state index contributed by atoms with van der Waals surface area (Å²) in [4.78, 5) is 0. The Labute approximate surface area is 165 Å². The zero-order valence-electron chi connectivity index (χ0n) is 15.5. The van der Waals surface area contributed by atoms with Crippen LogP contribution in [0.25, 0.3) is 0 Å². The fourth-order valence-electron chi connectivity index (χ4n) is 3.07. The summed E-state index contributed by atoms with van der Waals surface area (Å²) < 4.78 is 26.1. The Morgan fingerprint density at radius 3 is 1.74 bits per heavy atom. The first-order chi connectivity index (χ1) is 13.1. The van der Waals surface area contributed by atoms with Gasteiger partial charge in [0.25, 0.3) is 0 Å². The second-order valence-corrected chi connectivity index (χ2v) is 12.6. The number of thiophene rings is 1. The molecule has 0 amide bonds. The third kappa shape index (κ3) is 4.37. The summed E-state index contributed by atoms with van der Waals surface area (Å²) in [6.45, 7) is 2.05. The topological polar surface area (TPSA) is 35.5 Å². The van der Waals surface area contributed by atoms with Gasteiger partial charge in [-0.15, -0.1) is 11.3 Å². The van der Waals surface area contributed by atoms with Gasteiger partial charge >= 0.3 is 7.60 Å². The Kier molecular flexibility index (Phi) is 6.92. The van der Waals surface area contributed by atoms with Crippen LogP contribution in [0.5, 0.6) is 0 Å². The second-order valence-electron chi connectivity index (χ2n) is 5.84. The van der Waals surface area contributed by atoms with Crippen molar-refractivity contribution in [2.24, 2.45) is 0 Å². The van der Waals surface area contributed by atoms with Crippen LogP contribution in [0.15, 0.2) is 78.2 Å². The summed E-state index contributed by atoms with van der Waals surface area (Å²) >= 11 is 1.68. The first-order valence-electron chi connectivity index (χ1n) is 8.94. The van der Waals surface area contributed by atoms with E-state index in [1.807, 2.05) is 61.8 Å². The Bertz CT molecular complexity index is 885. The van der Waals surface area contributed by atoms with Gasteiger partial charge in [-0.1, -0.05) is 66.7 Å². The zero-order valence-corrected chi connectivity index (χ0v) is 18.1. The molecular formula is C21H24O3P2S. The molecule has 0 spiro atoms. The van der Waals surface area contributed by atoms with Crippen molar-refractivity contribution in [1.82, 2.24) is 0 Å². The molecule has 0 aliphatic rings. The van der Waals surface area contributed by atoms with Crippen LogP contribution in [-0.4, -0.2) is 18.8 Å². The highest BCUT2D eigenvalue weighted by atomic mass is 32.1. The van der Waals surface area contributed by atoms with Gasteiger partial charge < -0.3 is 9.05 Å². The van der Waals surface area contributed by atoms with Crippen molar-refractivity contribution in [3.63, 3.8) is 0 Å². The van der Waals surface area contributed by atoms with Gasteiger partial charge in [-0.25, -0.2) is 0 Å². The highest BCUT2D eigenvalue weighted by molar-refractivity contribution is 8.05. The average molecular weight is 418 g/mol. The zero-order chi connectivity index (χ0) is 19.2. The fourth-order valence-corrected chi connectivity index (χ4v) is 12.4. The Morgan fingerprint density at radius 2 is 1.33 bits per heavy atom. The van der Waals surface area contributed by atoms with Gasteiger partial charge in [-0.3, -0.25) is 4.57 Å². The third-order valence-electron chi connectivity index (χ3n) is 4.11. The van der Waals surface area contributed by atoms with Gasteiger partial charge in [-0.2, -0.15) is 0 Å². The summed E-state index contributed by atoms with van der Waals surface area (Å²) in [5.41, 5.74) is 1.89. The molecule has 142 valence electrons. The minimum Gasteiger partial charge on any atom is -0.306 e. The van der Waals surface area contributed by atoms with Crippen molar-refractivity contribution in [3.8, 4) is 0 Å². The van der Waals surface area contributed by atoms with Crippen LogP contribution in [0.1, 0.15) is 13.8 Å². The van der Waals surface area contributed by atoms with Gasteiger partial charge in [-0.05, 0) is 42.8 Å². The monoisotopic (exact) mass is 418 g/mol. The molecule has 0 bridgehead atoms. The lowest BCUT2D eigenvalue weighted by atomic mass is 10.4. The molecule has 3 aromatic rings. The normalized spacial score (nSPS) is 12.1. The second kappa shape index (κ2) is 9.19. The van der Waals surface area contributed by atoms with E-state index in [9.17, 15) is 4.57 Å². The van der Waals surface area contributed by atoms with Crippen molar-refractivity contribution >= 4 is 46.6 Å². The first-order valence-corrected chi connectivity index (χ1v) is 13.3. The lowest BCUT2D eigenvalue weighted by Gasteiger charge is -2.28. The molecule has 0 aliphatic carbocycles. The lowest BCUT2D eigenvalue weighted by Crippen LogP contribution is -2.25. The number of hydrogen-bond donors (Lipinski definition) is 0. The number of rotatable bonds is 8. The Morgan fingerprint density at radius 1 is 0.815 bits per heavy atom. The molecule has 0 saturated carbocycles. The fraction of sp³-hybridized carbons (Fsp3) is 0.190. The lowest BCUT2D eigenvalue weighted by molar-refractivity contribution is 0.234. The van der Waals surface area contributed by atoms with E-state index in [1.165, 1.54) is 4.62 Å². The molecule has 0 unspecified atom stereocenters. The average Bonchev–Trinajstić information content (AvgIpc) is 3.23. The SMILES string of the molecule is CCOP(=O)(C=P(c1ccccc1)(c1ccccc1)c1cccs1)OCC. The largest absolute Gasteiger partial charge is 0.355 e. The summed E-state index contributed by atoms with van der Waals surface area (Å²) in [5.74, 6) is 0. The van der Waals surface area contributed by atoms with Crippen molar-refractivity contribution < 1.29 is 13.6 Å². The quantitative estimate of drug-likeness (QED) is 0.480. The highest BCUT2D eigenvalue weighted by Crippen LogP contribution is 2.56. The van der Waals surface area contributed by atoms with E-state index < -0.39 is 14.5 Å². The van der Waals surface area contributed by atoms with Crippen molar-refractivity contribution in [1.29, 1.82) is 0 Å². The molecule has 3 rings (SSSR count). The Balaban J connectivity index is 2.41. The summed E-state index contributed by atoms with van der Waals surface area (Å²) in [5, 5.41) is 4.34. The van der Waals surface area contributed by atoms with E-state index in [-0.39, 0.29) is 0 Å². The van der Waals surface area contributed by atoms with E-state index in [0.717, 1.165) is 10.6 Å². The molecular weight excluding hydrogens is 394 g/mol. The molecule has 1 heterocycles. The maximum atomic E-state index is 13.6. The first kappa shape index (κ1) is 20.3. The molecule has 0 N–H and O–H groups in total. The molecule has 0 aliphatic heterocycles. The maximum absolute atomic E-state index is 13.6. The van der Waals surface area contributed by atoms with E-state index in [1.54, 1.807) is 11.3 Å². The number of hydrogen-bond acceptors (Lipinski definition) is 4. The maximum Gasteiger partial charge on any atom is 0.355 e. The minimum absolute atomic E-state index is 0.335. The van der Waals surface area contributed by atoms with Crippen LogP contribution in [0, 0.1) is 0 Å². The summed E-state index contributed by atoms with van der Waals surface area (Å²) in [6.07, 6.45) is 0. The van der Waals surface area contributed by atoms with E-state index >= 15 is 0 Å². The van der Waals surface area contributed by atoms with Crippen molar-refractivity contribution in [3.05, 3.63) is 78.2 Å². The summed E-state index contributed by atoms with van der Waals surface area (Å²) in [6, 6.07) is 24.7. The minimum atomic E-state index is -3.38. The van der Waals surface area contributed by atoms with Crippen molar-refractivity contribution in [2.45, 2.75) is 13.8 Å². The molecule has 3 nitrogen and oxygen atoms in total. The van der Waals surface area contributed by atoms with Crippen LogP contribution >= 0.6 is 25.8 Å². The van der Waals surface area contributed by atoms with Crippen LogP contribution in [0.4, 0.5) is 0 Å². The van der Waals surface area contributed by atoms with Gasteiger partial charge in [0.15, 0.2) is 0 Å². The highest BCUT2D eigenvalue weighted by Gasteiger charge is 2.33. The molecule has 6 heteroatoms. The van der Waals surface area contributed by atoms with Crippen LogP contribution in [0.3, 0.4) is 0 Å². The molecule has 0 saturated heterocycles. The third-order valence-corrected chi connectivity index (χ3v) is 12.8. The predicted octanol–water partition coefficient (Wildman–Crippen LogP) is 5.07. The predicted molar refractivity (Wildman–Crippen MR) is 120 cm³/mol. The smallest absolute Gasteiger partial charge is 0.306 e. The molecule has 0 fully saturated rings. The van der Waals surface area contributed by atoms with Gasteiger partial charge in [0.05, 0.1) is 13.2 Å². The van der Waals surface area contributed by atoms with E-state index in [2.05, 4.69) is 35.7 Å².